The van der Waals surface area contributed by atoms with E-state index in [0.717, 1.165) is 25.5 Å². The van der Waals surface area contributed by atoms with Crippen molar-refractivity contribution < 1.29 is 31.8 Å². The highest BCUT2D eigenvalue weighted by Crippen LogP contribution is 2.41. The van der Waals surface area contributed by atoms with Crippen molar-refractivity contribution in [3.05, 3.63) is 59.1 Å². The van der Waals surface area contributed by atoms with Crippen LogP contribution in [0.2, 0.25) is 0 Å². The lowest BCUT2D eigenvalue weighted by Crippen LogP contribution is -2.55. The molecule has 5 rings (SSSR count). The topological polar surface area (TPSA) is 94.8 Å². The van der Waals surface area contributed by atoms with Gasteiger partial charge in [-0.3, -0.25) is 4.79 Å². The zero-order chi connectivity index (χ0) is 30.0. The third kappa shape index (κ3) is 6.19. The highest BCUT2D eigenvalue weighted by molar-refractivity contribution is 5.91. The number of carbonyl (C=O) groups excluding carboxylic acids is 1. The molecule has 0 radical (unpaired) electrons. The van der Waals surface area contributed by atoms with Gasteiger partial charge in [0.05, 0.1) is 42.5 Å². The average Bonchev–Trinajstić information content (AvgIpc) is 3.39. The van der Waals surface area contributed by atoms with Crippen molar-refractivity contribution in [1.82, 2.24) is 19.8 Å². The van der Waals surface area contributed by atoms with Gasteiger partial charge in [0.1, 0.15) is 12.4 Å². The second-order valence-corrected chi connectivity index (χ2v) is 10.8. The molecule has 4 heterocycles. The molecule has 42 heavy (non-hydrogen) atoms. The molecule has 3 aliphatic heterocycles. The molecule has 3 aliphatic rings. The van der Waals surface area contributed by atoms with E-state index in [1.54, 1.807) is 6.07 Å². The standard InChI is InChI=1S/C29H32F4N6O3/c1-18(30)27(40)39-13-12-38(15-19(39)9-10-34)26-22-17-41-25(21-7-3-4-8-23(21)29(31,32)33)14-24(22)35-28(36-26)42-16-20-6-5-11-37(20)2/h3-4,7-8,19-20,25H,1,5-6,9,11-17H2,2H3/t19-,20+,25?/m0/s1. The summed E-state index contributed by atoms with van der Waals surface area (Å²) in [5, 5.41) is 9.39. The summed E-state index contributed by atoms with van der Waals surface area (Å²) in [5.74, 6) is -1.50. The minimum absolute atomic E-state index is 0.0264. The fraction of sp³-hybridized carbons (Fsp3) is 0.517. The summed E-state index contributed by atoms with van der Waals surface area (Å²) < 4.78 is 67.1. The number of ether oxygens (including phenoxy) is 2. The molecule has 1 aromatic carbocycles. The van der Waals surface area contributed by atoms with Crippen LogP contribution in [0.1, 0.15) is 47.8 Å². The maximum atomic E-state index is 13.8. The summed E-state index contributed by atoms with van der Waals surface area (Å²) in [5.41, 5.74) is 0.378. The Labute approximate surface area is 241 Å². The Balaban J connectivity index is 1.47. The van der Waals surface area contributed by atoms with Gasteiger partial charge in [-0.2, -0.15) is 28.4 Å². The number of halogens is 4. The maximum Gasteiger partial charge on any atom is 0.416 e. The molecule has 9 nitrogen and oxygen atoms in total. The number of amides is 1. The van der Waals surface area contributed by atoms with E-state index in [4.69, 9.17) is 9.47 Å². The number of likely N-dealkylation sites (N-methyl/N-ethyl adjacent to an activating group) is 1. The molecule has 1 unspecified atom stereocenters. The number of hydrogen-bond donors (Lipinski definition) is 0. The van der Waals surface area contributed by atoms with Crippen molar-refractivity contribution in [3.63, 3.8) is 0 Å². The Hall–Kier alpha value is -3.76. The van der Waals surface area contributed by atoms with Gasteiger partial charge in [0.15, 0.2) is 5.83 Å². The van der Waals surface area contributed by atoms with Gasteiger partial charge in [0, 0.05) is 37.7 Å². The summed E-state index contributed by atoms with van der Waals surface area (Å²) in [7, 11) is 2.02. The summed E-state index contributed by atoms with van der Waals surface area (Å²) >= 11 is 0. The molecule has 2 saturated heterocycles. The SMILES string of the molecule is C=C(F)C(=O)N1CCN(c2nc(OC[C@H]3CCCN3C)nc3c2COC(c2ccccc2C(F)(F)F)C3)C[C@@H]1CC#N. The van der Waals surface area contributed by atoms with Gasteiger partial charge in [-0.15, -0.1) is 0 Å². The lowest BCUT2D eigenvalue weighted by molar-refractivity contribution is -0.139. The smallest absolute Gasteiger partial charge is 0.416 e. The van der Waals surface area contributed by atoms with Crippen molar-refractivity contribution in [3.8, 4) is 12.1 Å². The number of fused-ring (bicyclic) bond motifs is 1. The van der Waals surface area contributed by atoms with Gasteiger partial charge in [-0.25, -0.2) is 4.39 Å². The van der Waals surface area contributed by atoms with Crippen LogP contribution in [0.3, 0.4) is 0 Å². The Bertz CT molecular complexity index is 1380. The Morgan fingerprint density at radius 1 is 1.21 bits per heavy atom. The number of nitriles is 1. The van der Waals surface area contributed by atoms with Gasteiger partial charge in [-0.1, -0.05) is 24.8 Å². The largest absolute Gasteiger partial charge is 0.462 e. The molecule has 13 heteroatoms. The minimum Gasteiger partial charge on any atom is -0.462 e. The number of piperazine rings is 1. The summed E-state index contributed by atoms with van der Waals surface area (Å²) in [6.07, 6.45) is -3.39. The zero-order valence-electron chi connectivity index (χ0n) is 23.2. The third-order valence-electron chi connectivity index (χ3n) is 8.15. The van der Waals surface area contributed by atoms with E-state index < -0.39 is 35.6 Å². The van der Waals surface area contributed by atoms with Crippen LogP contribution in [0.15, 0.2) is 36.7 Å². The summed E-state index contributed by atoms with van der Waals surface area (Å²) in [6.45, 7) is 4.94. The molecule has 1 aromatic heterocycles. The number of hydrogen-bond acceptors (Lipinski definition) is 8. The predicted octanol–water partition coefficient (Wildman–Crippen LogP) is 4.20. The number of anilines is 1. The number of aromatic nitrogens is 2. The second kappa shape index (κ2) is 12.2. The van der Waals surface area contributed by atoms with Crippen LogP contribution in [0.25, 0.3) is 0 Å². The van der Waals surface area contributed by atoms with Crippen molar-refractivity contribution in [2.45, 2.75) is 56.7 Å². The number of rotatable bonds is 7. The lowest BCUT2D eigenvalue weighted by Gasteiger charge is -2.42. The molecule has 224 valence electrons. The maximum absolute atomic E-state index is 13.8. The first-order chi connectivity index (χ1) is 20.1. The van der Waals surface area contributed by atoms with Crippen LogP contribution in [-0.2, 0) is 28.7 Å². The molecular weight excluding hydrogens is 556 g/mol. The van der Waals surface area contributed by atoms with Gasteiger partial charge in [0.2, 0.25) is 0 Å². The fourth-order valence-electron chi connectivity index (χ4n) is 5.90. The van der Waals surface area contributed by atoms with Crippen LogP contribution in [0.4, 0.5) is 23.4 Å². The van der Waals surface area contributed by atoms with Crippen LogP contribution >= 0.6 is 0 Å². The fourth-order valence-corrected chi connectivity index (χ4v) is 5.90. The molecule has 0 N–H and O–H groups in total. The molecule has 0 spiro atoms. The number of carbonyl (C=O) groups is 1. The van der Waals surface area contributed by atoms with Crippen LogP contribution < -0.4 is 9.64 Å². The molecule has 0 saturated carbocycles. The molecular formula is C29H32F4N6O3. The number of benzene rings is 1. The Morgan fingerprint density at radius 2 is 2.00 bits per heavy atom. The molecule has 0 bridgehead atoms. The van der Waals surface area contributed by atoms with E-state index >= 15 is 0 Å². The first kappa shape index (κ1) is 29.7. The van der Waals surface area contributed by atoms with Gasteiger partial charge in [-0.05, 0) is 38.1 Å². The Morgan fingerprint density at radius 3 is 2.69 bits per heavy atom. The first-order valence-electron chi connectivity index (χ1n) is 13.8. The van der Waals surface area contributed by atoms with Crippen LogP contribution in [-0.4, -0.2) is 77.6 Å². The van der Waals surface area contributed by atoms with E-state index in [-0.39, 0.29) is 56.7 Å². The number of nitrogens with zero attached hydrogens (tertiary/aromatic N) is 6. The van der Waals surface area contributed by atoms with Gasteiger partial charge >= 0.3 is 12.2 Å². The van der Waals surface area contributed by atoms with E-state index in [1.807, 2.05) is 11.9 Å². The van der Waals surface area contributed by atoms with Crippen molar-refractivity contribution in [2.75, 3.05) is 44.7 Å². The van der Waals surface area contributed by atoms with E-state index in [1.165, 1.54) is 17.0 Å². The van der Waals surface area contributed by atoms with E-state index in [9.17, 15) is 27.6 Å². The quantitative estimate of drug-likeness (QED) is 0.351. The zero-order valence-corrected chi connectivity index (χ0v) is 23.2. The van der Waals surface area contributed by atoms with Crippen molar-refractivity contribution in [1.29, 1.82) is 5.26 Å². The van der Waals surface area contributed by atoms with Gasteiger partial charge < -0.3 is 24.2 Å². The van der Waals surface area contributed by atoms with Crippen LogP contribution in [0, 0.1) is 11.3 Å². The normalized spacial score (nSPS) is 22.9. The predicted molar refractivity (Wildman–Crippen MR) is 144 cm³/mol. The molecule has 3 atom stereocenters. The van der Waals surface area contributed by atoms with Crippen LogP contribution in [0.5, 0.6) is 6.01 Å². The highest BCUT2D eigenvalue weighted by Gasteiger charge is 2.39. The third-order valence-corrected chi connectivity index (χ3v) is 8.15. The monoisotopic (exact) mass is 588 g/mol. The van der Waals surface area contributed by atoms with Gasteiger partial charge in [0.25, 0.3) is 5.91 Å². The molecule has 0 aliphatic carbocycles. The van der Waals surface area contributed by atoms with E-state index in [2.05, 4.69) is 27.5 Å². The van der Waals surface area contributed by atoms with Crippen molar-refractivity contribution in [2.24, 2.45) is 0 Å². The summed E-state index contributed by atoms with van der Waals surface area (Å²) in [6, 6.07) is 7.05. The first-order valence-corrected chi connectivity index (χ1v) is 13.8. The average molecular weight is 589 g/mol. The summed E-state index contributed by atoms with van der Waals surface area (Å²) in [4.78, 5) is 27.1. The molecule has 2 fully saturated rings. The Kier molecular flexibility index (Phi) is 8.65. The number of alkyl halides is 3. The molecule has 1 amide bonds. The second-order valence-electron chi connectivity index (χ2n) is 10.8. The van der Waals surface area contributed by atoms with E-state index in [0.29, 0.717) is 23.7 Å². The highest BCUT2D eigenvalue weighted by atomic mass is 19.4. The lowest BCUT2D eigenvalue weighted by atomic mass is 9.95. The minimum atomic E-state index is -4.55. The number of likely N-dealkylation sites (tertiary alicyclic amines) is 1. The van der Waals surface area contributed by atoms with Crippen molar-refractivity contribution >= 4 is 11.7 Å². The molecule has 2 aromatic rings.